The van der Waals surface area contributed by atoms with Gasteiger partial charge in [-0.25, -0.2) is 9.82 Å². The number of rotatable bonds is 3. The molecule has 1 aromatic carbocycles. The molecule has 0 spiro atoms. The van der Waals surface area contributed by atoms with E-state index in [1.165, 1.54) is 10.9 Å². The molecule has 0 fully saturated rings. The molecule has 0 aliphatic rings. The third-order valence-electron chi connectivity index (χ3n) is 2.49. The van der Waals surface area contributed by atoms with E-state index in [4.69, 9.17) is 17.4 Å². The van der Waals surface area contributed by atoms with Gasteiger partial charge in [0.15, 0.2) is 0 Å². The van der Waals surface area contributed by atoms with Gasteiger partial charge in [0, 0.05) is 9.75 Å². The SMILES string of the molecule is Cc1ccc(C(NN)c2ccc(F)c(Cl)c2)s1. The van der Waals surface area contributed by atoms with Crippen LogP contribution in [-0.2, 0) is 0 Å². The molecule has 2 rings (SSSR count). The Morgan fingerprint density at radius 1 is 1.35 bits per heavy atom. The van der Waals surface area contributed by atoms with Crippen molar-refractivity contribution in [3.63, 3.8) is 0 Å². The Bertz CT molecular complexity index is 527. The Kier molecular flexibility index (Phi) is 3.79. The highest BCUT2D eigenvalue weighted by Crippen LogP contribution is 2.29. The summed E-state index contributed by atoms with van der Waals surface area (Å²) in [4.78, 5) is 2.28. The molecule has 0 aliphatic carbocycles. The van der Waals surface area contributed by atoms with Gasteiger partial charge in [-0.2, -0.15) is 0 Å². The third kappa shape index (κ3) is 2.66. The van der Waals surface area contributed by atoms with E-state index in [-0.39, 0.29) is 11.1 Å². The predicted octanol–water partition coefficient (Wildman–Crippen LogP) is 3.40. The number of aryl methyl sites for hydroxylation is 1. The quantitative estimate of drug-likeness (QED) is 0.663. The van der Waals surface area contributed by atoms with Crippen LogP contribution in [0.4, 0.5) is 4.39 Å². The predicted molar refractivity (Wildman–Crippen MR) is 69.6 cm³/mol. The zero-order chi connectivity index (χ0) is 12.4. The van der Waals surface area contributed by atoms with Gasteiger partial charge in [0.25, 0.3) is 0 Å². The molecule has 1 aromatic heterocycles. The zero-order valence-corrected chi connectivity index (χ0v) is 10.8. The third-order valence-corrected chi connectivity index (χ3v) is 3.84. The lowest BCUT2D eigenvalue weighted by Crippen LogP contribution is -2.28. The van der Waals surface area contributed by atoms with E-state index in [9.17, 15) is 4.39 Å². The number of benzene rings is 1. The van der Waals surface area contributed by atoms with Gasteiger partial charge >= 0.3 is 0 Å². The molecule has 2 aromatic rings. The summed E-state index contributed by atoms with van der Waals surface area (Å²) in [5, 5.41) is 0.107. The second kappa shape index (κ2) is 5.14. The first-order chi connectivity index (χ1) is 8.11. The molecule has 0 saturated heterocycles. The summed E-state index contributed by atoms with van der Waals surface area (Å²) in [5.41, 5.74) is 3.57. The van der Waals surface area contributed by atoms with Crippen LogP contribution in [0.2, 0.25) is 5.02 Å². The summed E-state index contributed by atoms with van der Waals surface area (Å²) in [5.74, 6) is 5.13. The first-order valence-corrected chi connectivity index (χ1v) is 6.28. The van der Waals surface area contributed by atoms with E-state index in [2.05, 4.69) is 5.43 Å². The van der Waals surface area contributed by atoms with Gasteiger partial charge < -0.3 is 0 Å². The fourth-order valence-corrected chi connectivity index (χ4v) is 2.80. The highest BCUT2D eigenvalue weighted by Gasteiger charge is 2.15. The van der Waals surface area contributed by atoms with Crippen molar-refractivity contribution < 1.29 is 4.39 Å². The van der Waals surface area contributed by atoms with Gasteiger partial charge in [-0.1, -0.05) is 17.7 Å². The topological polar surface area (TPSA) is 38.0 Å². The molecule has 0 radical (unpaired) electrons. The summed E-state index contributed by atoms with van der Waals surface area (Å²) in [6, 6.07) is 8.49. The molecule has 17 heavy (non-hydrogen) atoms. The number of halogens is 2. The molecule has 5 heteroatoms. The van der Waals surface area contributed by atoms with Gasteiger partial charge in [0.1, 0.15) is 5.82 Å². The van der Waals surface area contributed by atoms with Crippen LogP contribution in [0.25, 0.3) is 0 Å². The molecule has 0 amide bonds. The highest BCUT2D eigenvalue weighted by molar-refractivity contribution is 7.12. The van der Waals surface area contributed by atoms with E-state index in [0.717, 1.165) is 10.4 Å². The number of thiophene rings is 1. The van der Waals surface area contributed by atoms with Crippen molar-refractivity contribution in [2.75, 3.05) is 0 Å². The van der Waals surface area contributed by atoms with Crippen molar-refractivity contribution in [2.45, 2.75) is 13.0 Å². The molecule has 1 atom stereocenters. The van der Waals surface area contributed by atoms with Crippen molar-refractivity contribution in [2.24, 2.45) is 5.84 Å². The van der Waals surface area contributed by atoms with Gasteiger partial charge in [-0.3, -0.25) is 5.84 Å². The molecule has 0 bridgehead atoms. The standard InChI is InChI=1S/C12H12ClFN2S/c1-7-2-5-11(17-7)12(16-15)8-3-4-10(14)9(13)6-8/h2-6,12,16H,15H2,1H3. The lowest BCUT2D eigenvalue weighted by Gasteiger charge is -2.15. The van der Waals surface area contributed by atoms with Crippen molar-refractivity contribution in [3.05, 3.63) is 56.5 Å². The maximum absolute atomic E-state index is 13.1. The first-order valence-electron chi connectivity index (χ1n) is 5.09. The molecule has 1 unspecified atom stereocenters. The van der Waals surface area contributed by atoms with Crippen LogP contribution in [0, 0.1) is 12.7 Å². The van der Waals surface area contributed by atoms with Crippen LogP contribution in [0.15, 0.2) is 30.3 Å². The molecule has 1 heterocycles. The molecular weight excluding hydrogens is 259 g/mol. The second-order valence-electron chi connectivity index (χ2n) is 3.72. The number of nitrogens with two attached hydrogens (primary N) is 1. The molecule has 0 saturated carbocycles. The molecule has 3 N–H and O–H groups in total. The van der Waals surface area contributed by atoms with E-state index < -0.39 is 5.82 Å². The van der Waals surface area contributed by atoms with Crippen molar-refractivity contribution >= 4 is 22.9 Å². The summed E-state index contributed by atoms with van der Waals surface area (Å²) in [6.07, 6.45) is 0. The molecule has 90 valence electrons. The summed E-state index contributed by atoms with van der Waals surface area (Å²) in [7, 11) is 0. The van der Waals surface area contributed by atoms with E-state index in [1.54, 1.807) is 23.5 Å². The Labute approximate surface area is 108 Å². The minimum atomic E-state index is -0.423. The zero-order valence-electron chi connectivity index (χ0n) is 9.21. The molecular formula is C12H12ClFN2S. The van der Waals surface area contributed by atoms with Gasteiger partial charge in [-0.05, 0) is 36.8 Å². The second-order valence-corrected chi connectivity index (χ2v) is 5.45. The summed E-state index contributed by atoms with van der Waals surface area (Å²) < 4.78 is 13.1. The minimum Gasteiger partial charge on any atom is -0.271 e. The van der Waals surface area contributed by atoms with Crippen molar-refractivity contribution in [1.29, 1.82) is 0 Å². The van der Waals surface area contributed by atoms with Gasteiger partial charge in [-0.15, -0.1) is 11.3 Å². The lowest BCUT2D eigenvalue weighted by molar-refractivity contribution is 0.619. The number of nitrogens with one attached hydrogen (secondary N) is 1. The smallest absolute Gasteiger partial charge is 0.141 e. The van der Waals surface area contributed by atoms with Crippen LogP contribution < -0.4 is 11.3 Å². The minimum absolute atomic E-state index is 0.107. The number of hydrogen-bond donors (Lipinski definition) is 2. The van der Waals surface area contributed by atoms with Crippen LogP contribution in [0.5, 0.6) is 0 Å². The Morgan fingerprint density at radius 3 is 2.65 bits per heavy atom. The fraction of sp³-hybridized carbons (Fsp3) is 0.167. The first kappa shape index (κ1) is 12.5. The van der Waals surface area contributed by atoms with Gasteiger partial charge in [0.05, 0.1) is 11.1 Å². The summed E-state index contributed by atoms with van der Waals surface area (Å²) >= 11 is 7.41. The van der Waals surface area contributed by atoms with Crippen LogP contribution >= 0.6 is 22.9 Å². The Morgan fingerprint density at radius 2 is 2.12 bits per heavy atom. The van der Waals surface area contributed by atoms with Crippen LogP contribution in [0.3, 0.4) is 0 Å². The largest absolute Gasteiger partial charge is 0.271 e. The Balaban J connectivity index is 2.38. The molecule has 2 nitrogen and oxygen atoms in total. The average molecular weight is 271 g/mol. The lowest BCUT2D eigenvalue weighted by atomic mass is 10.1. The van der Waals surface area contributed by atoms with Gasteiger partial charge in [0.2, 0.25) is 0 Å². The average Bonchev–Trinajstić information content (AvgIpc) is 2.71. The highest BCUT2D eigenvalue weighted by atomic mass is 35.5. The normalized spacial score (nSPS) is 12.7. The number of hydrogen-bond acceptors (Lipinski definition) is 3. The molecule has 0 aliphatic heterocycles. The van der Waals surface area contributed by atoms with Crippen molar-refractivity contribution in [1.82, 2.24) is 5.43 Å². The van der Waals surface area contributed by atoms with Crippen molar-refractivity contribution in [3.8, 4) is 0 Å². The maximum atomic E-state index is 13.1. The van der Waals surface area contributed by atoms with E-state index in [0.29, 0.717) is 0 Å². The number of hydrazine groups is 1. The van der Waals surface area contributed by atoms with E-state index in [1.807, 2.05) is 19.1 Å². The van der Waals surface area contributed by atoms with Crippen LogP contribution in [0.1, 0.15) is 21.4 Å². The Hall–Kier alpha value is -0.940. The maximum Gasteiger partial charge on any atom is 0.141 e. The monoisotopic (exact) mass is 270 g/mol. The summed E-state index contributed by atoms with van der Waals surface area (Å²) in [6.45, 7) is 2.03. The van der Waals surface area contributed by atoms with E-state index >= 15 is 0 Å². The van der Waals surface area contributed by atoms with Crippen LogP contribution in [-0.4, -0.2) is 0 Å². The fourth-order valence-electron chi connectivity index (χ4n) is 1.64.